The minimum absolute atomic E-state index is 0.119. The lowest BCUT2D eigenvalue weighted by atomic mass is 10.2. The molecule has 0 bridgehead atoms. The van der Waals surface area contributed by atoms with Crippen molar-refractivity contribution in [1.82, 2.24) is 5.32 Å². The van der Waals surface area contributed by atoms with Crippen LogP contribution in [0.5, 0.6) is 0 Å². The largest absolute Gasteiger partial charge is 0.362 e. The lowest BCUT2D eigenvalue weighted by Crippen LogP contribution is -2.38. The number of carbonyl (C=O) groups is 1. The van der Waals surface area contributed by atoms with Gasteiger partial charge in [-0.2, -0.15) is 0 Å². The molecule has 1 saturated carbocycles. The lowest BCUT2D eigenvalue weighted by molar-refractivity contribution is -0.119. The van der Waals surface area contributed by atoms with Gasteiger partial charge in [-0.25, -0.2) is 0 Å². The molecule has 0 atom stereocenters. The Morgan fingerprint density at radius 2 is 2.05 bits per heavy atom. The first kappa shape index (κ1) is 14.9. The molecule has 0 heterocycles. The number of amides is 1. The first-order valence-electron chi connectivity index (χ1n) is 7.53. The molecule has 1 aliphatic carbocycles. The molecule has 110 valence electrons. The second-order valence-electron chi connectivity index (χ2n) is 5.54. The number of rotatable bonds is 8. The third-order valence-corrected chi connectivity index (χ3v) is 3.65. The van der Waals surface area contributed by atoms with Gasteiger partial charge in [0.05, 0.1) is 6.54 Å². The van der Waals surface area contributed by atoms with Crippen LogP contribution in [0.3, 0.4) is 0 Å². The predicted octanol–water partition coefficient (Wildman–Crippen LogP) is 1.89. The Kier molecular flexibility index (Phi) is 5.41. The number of carbonyl (C=O) groups excluding carboxylic acids is 1. The normalized spacial score (nSPS) is 14.1. The van der Waals surface area contributed by atoms with Gasteiger partial charge in [-0.1, -0.05) is 19.1 Å². The summed E-state index contributed by atoms with van der Waals surface area (Å²) in [5.41, 5.74) is 7.81. The summed E-state index contributed by atoms with van der Waals surface area (Å²) in [4.78, 5) is 14.1. The minimum Gasteiger partial charge on any atom is -0.362 e. The van der Waals surface area contributed by atoms with E-state index >= 15 is 0 Å². The molecule has 20 heavy (non-hydrogen) atoms. The van der Waals surface area contributed by atoms with Crippen LogP contribution in [0.2, 0.25) is 0 Å². The van der Waals surface area contributed by atoms with Crippen molar-refractivity contribution in [2.75, 3.05) is 24.5 Å². The summed E-state index contributed by atoms with van der Waals surface area (Å²) in [6.07, 6.45) is 3.55. The summed E-state index contributed by atoms with van der Waals surface area (Å²) in [6.45, 7) is 4.84. The van der Waals surface area contributed by atoms with Crippen LogP contribution in [0.15, 0.2) is 24.3 Å². The maximum absolute atomic E-state index is 12.0. The van der Waals surface area contributed by atoms with E-state index in [-0.39, 0.29) is 5.91 Å². The van der Waals surface area contributed by atoms with Crippen molar-refractivity contribution >= 4 is 11.6 Å². The molecule has 4 nitrogen and oxygen atoms in total. The summed E-state index contributed by atoms with van der Waals surface area (Å²) in [5, 5.41) is 3.03. The molecule has 0 aliphatic heterocycles. The van der Waals surface area contributed by atoms with Gasteiger partial charge in [-0.05, 0) is 42.9 Å². The molecule has 1 fully saturated rings. The molecule has 1 amide bonds. The zero-order valence-corrected chi connectivity index (χ0v) is 12.3. The zero-order valence-electron chi connectivity index (χ0n) is 12.3. The highest BCUT2D eigenvalue weighted by atomic mass is 16.2. The molecule has 0 saturated heterocycles. The molecular weight excluding hydrogens is 250 g/mol. The van der Waals surface area contributed by atoms with Gasteiger partial charge in [0.2, 0.25) is 5.91 Å². The number of nitrogens with two attached hydrogens (primary N) is 1. The molecule has 0 unspecified atom stereocenters. The summed E-state index contributed by atoms with van der Waals surface area (Å²) in [7, 11) is 0. The molecular formula is C16H25N3O. The molecule has 1 aromatic carbocycles. The van der Waals surface area contributed by atoms with Crippen molar-refractivity contribution < 1.29 is 4.79 Å². The van der Waals surface area contributed by atoms with Gasteiger partial charge in [-0.15, -0.1) is 0 Å². The van der Waals surface area contributed by atoms with Crippen LogP contribution in [0.25, 0.3) is 0 Å². The highest BCUT2D eigenvalue weighted by molar-refractivity contribution is 5.81. The fourth-order valence-corrected chi connectivity index (χ4v) is 2.22. The summed E-state index contributed by atoms with van der Waals surface area (Å²) in [5.74, 6) is 0.843. The van der Waals surface area contributed by atoms with Gasteiger partial charge in [0.25, 0.3) is 0 Å². The molecule has 0 radical (unpaired) electrons. The number of nitrogens with zero attached hydrogens (tertiary/aromatic N) is 1. The predicted molar refractivity (Wildman–Crippen MR) is 82.6 cm³/mol. The molecule has 2 rings (SSSR count). The fraction of sp³-hybridized carbons (Fsp3) is 0.562. The maximum atomic E-state index is 12.0. The van der Waals surface area contributed by atoms with E-state index in [2.05, 4.69) is 17.1 Å². The second kappa shape index (κ2) is 7.29. The van der Waals surface area contributed by atoms with Crippen LogP contribution in [-0.4, -0.2) is 25.5 Å². The number of benzene rings is 1. The Morgan fingerprint density at radius 1 is 1.35 bits per heavy atom. The van der Waals surface area contributed by atoms with Crippen molar-refractivity contribution in [2.45, 2.75) is 32.7 Å². The van der Waals surface area contributed by atoms with Crippen molar-refractivity contribution in [3.63, 3.8) is 0 Å². The maximum Gasteiger partial charge on any atom is 0.239 e. The van der Waals surface area contributed by atoms with E-state index in [1.807, 2.05) is 24.3 Å². The van der Waals surface area contributed by atoms with E-state index in [0.717, 1.165) is 36.7 Å². The highest BCUT2D eigenvalue weighted by Gasteiger charge is 2.22. The van der Waals surface area contributed by atoms with E-state index in [9.17, 15) is 4.79 Å². The number of hydrogen-bond donors (Lipinski definition) is 2. The van der Waals surface area contributed by atoms with Gasteiger partial charge in [0, 0.05) is 25.3 Å². The summed E-state index contributed by atoms with van der Waals surface area (Å²) in [6, 6.07) is 8.15. The molecule has 0 spiro atoms. The summed E-state index contributed by atoms with van der Waals surface area (Å²) >= 11 is 0. The smallest absolute Gasteiger partial charge is 0.239 e. The second-order valence-corrected chi connectivity index (χ2v) is 5.54. The number of anilines is 1. The number of nitrogens with one attached hydrogen (secondary N) is 1. The Balaban J connectivity index is 1.91. The van der Waals surface area contributed by atoms with E-state index < -0.39 is 0 Å². The SMILES string of the molecule is CCCN(CC(=O)NCC1CC1)c1ccc(CN)cc1. The van der Waals surface area contributed by atoms with Crippen molar-refractivity contribution in [3.05, 3.63) is 29.8 Å². The third-order valence-electron chi connectivity index (χ3n) is 3.65. The van der Waals surface area contributed by atoms with Gasteiger partial charge < -0.3 is 16.0 Å². The summed E-state index contributed by atoms with van der Waals surface area (Å²) < 4.78 is 0. The van der Waals surface area contributed by atoms with E-state index in [4.69, 9.17) is 5.73 Å². The molecule has 3 N–H and O–H groups in total. The van der Waals surface area contributed by atoms with Crippen LogP contribution in [0.1, 0.15) is 31.7 Å². The average Bonchev–Trinajstić information content (AvgIpc) is 3.29. The Hall–Kier alpha value is -1.55. The molecule has 0 aromatic heterocycles. The quantitative estimate of drug-likeness (QED) is 0.761. The van der Waals surface area contributed by atoms with E-state index in [1.54, 1.807) is 0 Å². The monoisotopic (exact) mass is 275 g/mol. The van der Waals surface area contributed by atoms with Gasteiger partial charge >= 0.3 is 0 Å². The zero-order chi connectivity index (χ0) is 14.4. The van der Waals surface area contributed by atoms with Crippen molar-refractivity contribution in [2.24, 2.45) is 11.7 Å². The van der Waals surface area contributed by atoms with Gasteiger partial charge in [0.15, 0.2) is 0 Å². The minimum atomic E-state index is 0.119. The third kappa shape index (κ3) is 4.53. The first-order valence-corrected chi connectivity index (χ1v) is 7.53. The van der Waals surface area contributed by atoms with Crippen LogP contribution in [0.4, 0.5) is 5.69 Å². The van der Waals surface area contributed by atoms with Crippen LogP contribution < -0.4 is 16.0 Å². The lowest BCUT2D eigenvalue weighted by Gasteiger charge is -2.24. The Labute approximate surface area is 121 Å². The standard InChI is InChI=1S/C16H25N3O/c1-2-9-19(12-16(20)18-11-14-3-4-14)15-7-5-13(10-17)6-8-15/h5-8,14H,2-4,9-12,17H2,1H3,(H,18,20). The molecule has 4 heteroatoms. The van der Waals surface area contributed by atoms with Gasteiger partial charge in [0.1, 0.15) is 0 Å². The number of hydrogen-bond acceptors (Lipinski definition) is 3. The topological polar surface area (TPSA) is 58.4 Å². The fourth-order valence-electron chi connectivity index (χ4n) is 2.22. The highest BCUT2D eigenvalue weighted by Crippen LogP contribution is 2.27. The van der Waals surface area contributed by atoms with Crippen LogP contribution in [-0.2, 0) is 11.3 Å². The molecule has 1 aromatic rings. The van der Waals surface area contributed by atoms with E-state index in [0.29, 0.717) is 13.1 Å². The van der Waals surface area contributed by atoms with E-state index in [1.165, 1.54) is 12.8 Å². The average molecular weight is 275 g/mol. The Morgan fingerprint density at radius 3 is 2.60 bits per heavy atom. The van der Waals surface area contributed by atoms with Crippen molar-refractivity contribution in [1.29, 1.82) is 0 Å². The van der Waals surface area contributed by atoms with Crippen LogP contribution in [0, 0.1) is 5.92 Å². The Bertz CT molecular complexity index is 426. The van der Waals surface area contributed by atoms with Crippen molar-refractivity contribution in [3.8, 4) is 0 Å². The van der Waals surface area contributed by atoms with Gasteiger partial charge in [-0.3, -0.25) is 4.79 Å². The first-order chi connectivity index (χ1) is 9.72. The van der Waals surface area contributed by atoms with Crippen LogP contribution >= 0.6 is 0 Å². The molecule has 1 aliphatic rings.